The number of hydrogen-bond donors (Lipinski definition) is 1. The normalized spacial score (nSPS) is 17.4. The van der Waals surface area contributed by atoms with Crippen molar-refractivity contribution in [3.05, 3.63) is 35.9 Å². The van der Waals surface area contributed by atoms with E-state index in [0.717, 1.165) is 0 Å². The molecule has 0 fully saturated rings. The smallest absolute Gasteiger partial charge is 0.210 e. The highest BCUT2D eigenvalue weighted by Gasteiger charge is 2.15. The van der Waals surface area contributed by atoms with Gasteiger partial charge in [0.2, 0.25) is 5.69 Å². The van der Waals surface area contributed by atoms with Crippen LogP contribution < -0.4 is 4.99 Å². The van der Waals surface area contributed by atoms with E-state index in [1.54, 1.807) is 0 Å². The predicted molar refractivity (Wildman–Crippen MR) is 46.8 cm³/mol. The summed E-state index contributed by atoms with van der Waals surface area (Å²) in [7, 11) is 0. The van der Waals surface area contributed by atoms with E-state index in [2.05, 4.69) is 36.2 Å². The molecule has 0 atom stereocenters. The third kappa shape index (κ3) is 0.891. The molecule has 2 rings (SSSR count). The Bertz CT molecular complexity index is 334. The molecule has 1 nitrogen and oxygen atoms in total. The quantitative estimate of drug-likeness (QED) is 0.556. The average Bonchev–Trinajstić information content (AvgIpc) is 2.47. The van der Waals surface area contributed by atoms with Crippen molar-refractivity contribution in [1.82, 2.24) is 0 Å². The summed E-state index contributed by atoms with van der Waals surface area (Å²) in [6.07, 6.45) is 4.14. The zero-order valence-electron chi connectivity index (χ0n) is 6.46. The first kappa shape index (κ1) is 6.35. The van der Waals surface area contributed by atoms with Crippen LogP contribution in [-0.2, 0) is 0 Å². The molecule has 1 aromatic rings. The van der Waals surface area contributed by atoms with E-state index in [4.69, 9.17) is 0 Å². The van der Waals surface area contributed by atoms with E-state index < -0.39 is 0 Å². The van der Waals surface area contributed by atoms with Gasteiger partial charge >= 0.3 is 0 Å². The Morgan fingerprint density at radius 1 is 1.27 bits per heavy atom. The van der Waals surface area contributed by atoms with E-state index in [1.807, 2.05) is 12.3 Å². The van der Waals surface area contributed by atoms with Crippen LogP contribution in [-0.4, -0.2) is 6.21 Å². The van der Waals surface area contributed by atoms with Crippen molar-refractivity contribution >= 4 is 17.5 Å². The molecule has 11 heavy (non-hydrogen) atoms. The number of fused-ring (bicyclic) bond motifs is 1. The molecule has 1 heteroatoms. The zero-order chi connectivity index (χ0) is 7.68. The molecule has 0 amide bonds. The molecule has 0 spiro atoms. The Labute approximate surface area is 66.1 Å². The molecular formula is C10H10N+. The van der Waals surface area contributed by atoms with Gasteiger partial charge in [0.25, 0.3) is 0 Å². The maximum absolute atomic E-state index is 3.21. The van der Waals surface area contributed by atoms with Gasteiger partial charge in [-0.05, 0) is 13.0 Å². The summed E-state index contributed by atoms with van der Waals surface area (Å²) in [5, 5.41) is 0. The first-order valence-corrected chi connectivity index (χ1v) is 3.77. The molecule has 1 heterocycles. The van der Waals surface area contributed by atoms with Crippen LogP contribution >= 0.6 is 0 Å². The molecule has 1 N–H and O–H groups in total. The van der Waals surface area contributed by atoms with Gasteiger partial charge in [0.15, 0.2) is 6.21 Å². The highest BCUT2D eigenvalue weighted by molar-refractivity contribution is 6.11. The van der Waals surface area contributed by atoms with E-state index in [1.165, 1.54) is 16.8 Å². The maximum Gasteiger partial charge on any atom is 0.211 e. The highest BCUT2D eigenvalue weighted by atomic mass is 14.7. The molecule has 0 unspecified atom stereocenters. The van der Waals surface area contributed by atoms with Crippen molar-refractivity contribution < 1.29 is 4.99 Å². The Balaban J connectivity index is 2.63. The van der Waals surface area contributed by atoms with Crippen molar-refractivity contribution in [1.29, 1.82) is 0 Å². The second kappa shape index (κ2) is 2.35. The summed E-state index contributed by atoms with van der Waals surface area (Å²) < 4.78 is 0. The fourth-order valence-electron chi connectivity index (χ4n) is 1.33. The van der Waals surface area contributed by atoms with Gasteiger partial charge in [-0.3, -0.25) is 0 Å². The Morgan fingerprint density at radius 3 is 2.91 bits per heavy atom. The molecule has 0 saturated heterocycles. The third-order valence-corrected chi connectivity index (χ3v) is 1.93. The first-order chi connectivity index (χ1) is 5.42. The first-order valence-electron chi connectivity index (χ1n) is 3.77. The number of benzene rings is 1. The van der Waals surface area contributed by atoms with Crippen molar-refractivity contribution in [3.8, 4) is 0 Å². The molecular weight excluding hydrogens is 134 g/mol. The van der Waals surface area contributed by atoms with Gasteiger partial charge in [-0.25, -0.2) is 4.99 Å². The number of nitrogens with one attached hydrogen (secondary N) is 1. The molecule has 0 aliphatic carbocycles. The second-order valence-corrected chi connectivity index (χ2v) is 2.58. The maximum atomic E-state index is 3.21. The van der Waals surface area contributed by atoms with Crippen LogP contribution in [0.3, 0.4) is 0 Å². The Morgan fingerprint density at radius 2 is 2.09 bits per heavy atom. The highest BCUT2D eigenvalue weighted by Crippen LogP contribution is 2.20. The standard InChI is InChI=1S/C10H9N/c1-2-8-7-11-10-6-4-3-5-9(8)10/h2-7H,1H3/p+1/b8-2+. The molecule has 1 aliphatic rings. The van der Waals surface area contributed by atoms with Crippen LogP contribution in [0.25, 0.3) is 5.57 Å². The molecule has 1 aromatic carbocycles. The lowest BCUT2D eigenvalue weighted by molar-refractivity contribution is -0.342. The number of allylic oxidation sites excluding steroid dienone is 2. The van der Waals surface area contributed by atoms with E-state index in [-0.39, 0.29) is 0 Å². The lowest BCUT2D eigenvalue weighted by Gasteiger charge is -1.90. The number of rotatable bonds is 0. The van der Waals surface area contributed by atoms with Crippen LogP contribution in [0.15, 0.2) is 30.3 Å². The lowest BCUT2D eigenvalue weighted by atomic mass is 10.1. The minimum Gasteiger partial charge on any atom is -0.210 e. The van der Waals surface area contributed by atoms with Crippen LogP contribution in [0.4, 0.5) is 5.69 Å². The Kier molecular flexibility index (Phi) is 1.35. The largest absolute Gasteiger partial charge is 0.211 e. The summed E-state index contributed by atoms with van der Waals surface area (Å²) in [6.45, 7) is 2.05. The van der Waals surface area contributed by atoms with Crippen LogP contribution in [0.5, 0.6) is 0 Å². The number of hydrogen-bond acceptors (Lipinski definition) is 0. The fourth-order valence-corrected chi connectivity index (χ4v) is 1.33. The number of para-hydroxylation sites is 1. The van der Waals surface area contributed by atoms with Gasteiger partial charge in [0, 0.05) is 11.6 Å². The molecule has 0 bridgehead atoms. The molecule has 54 valence electrons. The minimum atomic E-state index is 1.21. The van der Waals surface area contributed by atoms with Gasteiger partial charge in [-0.15, -0.1) is 0 Å². The van der Waals surface area contributed by atoms with E-state index in [9.17, 15) is 0 Å². The third-order valence-electron chi connectivity index (χ3n) is 1.93. The summed E-state index contributed by atoms with van der Waals surface area (Å²) in [6, 6.07) is 8.31. The molecule has 0 saturated carbocycles. The van der Waals surface area contributed by atoms with Crippen LogP contribution in [0.2, 0.25) is 0 Å². The Hall–Kier alpha value is -1.37. The van der Waals surface area contributed by atoms with Gasteiger partial charge in [0.1, 0.15) is 0 Å². The fraction of sp³-hybridized carbons (Fsp3) is 0.100. The monoisotopic (exact) mass is 144 g/mol. The summed E-state index contributed by atoms with van der Waals surface area (Å²) in [4.78, 5) is 3.21. The molecule has 0 aromatic heterocycles. The van der Waals surface area contributed by atoms with Crippen molar-refractivity contribution in [2.45, 2.75) is 6.92 Å². The summed E-state index contributed by atoms with van der Waals surface area (Å²) >= 11 is 0. The topological polar surface area (TPSA) is 14.0 Å². The van der Waals surface area contributed by atoms with Crippen molar-refractivity contribution in [2.75, 3.05) is 0 Å². The summed E-state index contributed by atoms with van der Waals surface area (Å²) in [5.41, 5.74) is 3.79. The van der Waals surface area contributed by atoms with E-state index in [0.29, 0.717) is 0 Å². The predicted octanol–water partition coefficient (Wildman–Crippen LogP) is 0.886. The lowest BCUT2D eigenvalue weighted by Crippen LogP contribution is -2.58. The van der Waals surface area contributed by atoms with Gasteiger partial charge < -0.3 is 0 Å². The van der Waals surface area contributed by atoms with Crippen molar-refractivity contribution in [3.63, 3.8) is 0 Å². The molecule has 0 radical (unpaired) electrons. The SMILES string of the molecule is C/C=C1\C=[NH+]c2ccccc21. The summed E-state index contributed by atoms with van der Waals surface area (Å²) in [5.74, 6) is 0. The zero-order valence-corrected chi connectivity index (χ0v) is 6.46. The van der Waals surface area contributed by atoms with Crippen LogP contribution in [0.1, 0.15) is 12.5 Å². The van der Waals surface area contributed by atoms with Gasteiger partial charge in [-0.2, -0.15) is 0 Å². The minimum absolute atomic E-state index is 1.21. The second-order valence-electron chi connectivity index (χ2n) is 2.58. The van der Waals surface area contributed by atoms with Crippen LogP contribution in [0, 0.1) is 0 Å². The van der Waals surface area contributed by atoms with Gasteiger partial charge in [-0.1, -0.05) is 18.2 Å². The van der Waals surface area contributed by atoms with Crippen molar-refractivity contribution in [2.24, 2.45) is 0 Å². The van der Waals surface area contributed by atoms with E-state index >= 15 is 0 Å². The van der Waals surface area contributed by atoms with Gasteiger partial charge in [0.05, 0.1) is 5.56 Å². The average molecular weight is 144 g/mol. The molecule has 1 aliphatic heterocycles.